The lowest BCUT2D eigenvalue weighted by Gasteiger charge is -2.42. The van der Waals surface area contributed by atoms with Crippen molar-refractivity contribution < 1.29 is 9.26 Å². The molecular formula is C15H27N3O2. The number of rotatable bonds is 8. The zero-order chi connectivity index (χ0) is 14.6. The van der Waals surface area contributed by atoms with E-state index in [1.807, 2.05) is 14.1 Å². The maximum absolute atomic E-state index is 5.41. The van der Waals surface area contributed by atoms with E-state index >= 15 is 0 Å². The fourth-order valence-corrected chi connectivity index (χ4v) is 2.41. The molecule has 1 fully saturated rings. The zero-order valence-corrected chi connectivity index (χ0v) is 13.1. The van der Waals surface area contributed by atoms with Gasteiger partial charge in [-0.3, -0.25) is 0 Å². The van der Waals surface area contributed by atoms with Gasteiger partial charge in [-0.15, -0.1) is 0 Å². The van der Waals surface area contributed by atoms with Crippen LogP contribution in [0.2, 0.25) is 0 Å². The van der Waals surface area contributed by atoms with Crippen LogP contribution in [0.3, 0.4) is 0 Å². The quantitative estimate of drug-likeness (QED) is 0.786. The Hall–Kier alpha value is -0.910. The highest BCUT2D eigenvalue weighted by atomic mass is 16.5. The van der Waals surface area contributed by atoms with Crippen LogP contribution in [0.25, 0.3) is 0 Å². The molecule has 1 aromatic rings. The molecule has 0 unspecified atom stereocenters. The molecule has 1 aromatic heterocycles. The van der Waals surface area contributed by atoms with Gasteiger partial charge in [-0.2, -0.15) is 0 Å². The van der Waals surface area contributed by atoms with Crippen LogP contribution in [0.15, 0.2) is 10.6 Å². The van der Waals surface area contributed by atoms with Gasteiger partial charge in [0.15, 0.2) is 5.76 Å². The Bertz CT molecular complexity index is 411. The molecule has 20 heavy (non-hydrogen) atoms. The van der Waals surface area contributed by atoms with Gasteiger partial charge in [-0.05, 0) is 33.0 Å². The molecule has 0 aliphatic carbocycles. The number of aromatic nitrogens is 1. The van der Waals surface area contributed by atoms with E-state index in [0.717, 1.165) is 50.1 Å². The minimum absolute atomic E-state index is 0.0567. The second kappa shape index (κ2) is 6.70. The Labute approximate surface area is 121 Å². The molecule has 0 radical (unpaired) electrons. The van der Waals surface area contributed by atoms with E-state index in [1.54, 1.807) is 0 Å². The van der Waals surface area contributed by atoms with E-state index in [-0.39, 0.29) is 5.54 Å². The number of ether oxygens (including phenoxy) is 1. The van der Waals surface area contributed by atoms with Crippen LogP contribution >= 0.6 is 0 Å². The normalized spacial score (nSPS) is 17.7. The molecule has 0 amide bonds. The Morgan fingerprint density at radius 1 is 1.40 bits per heavy atom. The molecule has 1 saturated heterocycles. The standard InChI is InChI=1S/C15H27N3O2/c1-12(2)5-6-16-15(10-19-11-15)8-13-7-14(20-17-13)9-18(3)4/h7,12,16H,5-6,8-11H2,1-4H3. The fourth-order valence-electron chi connectivity index (χ4n) is 2.41. The van der Waals surface area contributed by atoms with E-state index in [1.165, 1.54) is 6.42 Å². The van der Waals surface area contributed by atoms with Crippen molar-refractivity contribution in [2.45, 2.75) is 38.8 Å². The second-order valence-electron chi connectivity index (χ2n) is 6.58. The number of hydrogen-bond donors (Lipinski definition) is 1. The molecule has 114 valence electrons. The lowest BCUT2D eigenvalue weighted by atomic mass is 9.90. The van der Waals surface area contributed by atoms with Crippen LogP contribution < -0.4 is 5.32 Å². The van der Waals surface area contributed by atoms with Gasteiger partial charge in [0.25, 0.3) is 0 Å². The van der Waals surface area contributed by atoms with Gasteiger partial charge in [0.1, 0.15) is 0 Å². The van der Waals surface area contributed by atoms with Gasteiger partial charge in [-0.25, -0.2) is 0 Å². The summed E-state index contributed by atoms with van der Waals surface area (Å²) < 4.78 is 10.8. The van der Waals surface area contributed by atoms with Crippen LogP contribution in [0.4, 0.5) is 0 Å². The van der Waals surface area contributed by atoms with Gasteiger partial charge < -0.3 is 19.5 Å². The van der Waals surface area contributed by atoms with Crippen molar-refractivity contribution in [2.75, 3.05) is 33.9 Å². The summed E-state index contributed by atoms with van der Waals surface area (Å²) in [6, 6.07) is 2.06. The number of nitrogens with zero attached hydrogens (tertiary/aromatic N) is 2. The van der Waals surface area contributed by atoms with E-state index in [4.69, 9.17) is 9.26 Å². The van der Waals surface area contributed by atoms with Gasteiger partial charge >= 0.3 is 0 Å². The van der Waals surface area contributed by atoms with Crippen LogP contribution in [-0.2, 0) is 17.7 Å². The first kappa shape index (κ1) is 15.5. The summed E-state index contributed by atoms with van der Waals surface area (Å²) in [5.41, 5.74) is 1.07. The Morgan fingerprint density at radius 3 is 2.70 bits per heavy atom. The van der Waals surface area contributed by atoms with Crippen LogP contribution in [0.1, 0.15) is 31.7 Å². The minimum Gasteiger partial charge on any atom is -0.377 e. The van der Waals surface area contributed by atoms with Crippen molar-refractivity contribution in [1.29, 1.82) is 0 Å². The monoisotopic (exact) mass is 281 g/mol. The first-order chi connectivity index (χ1) is 9.49. The van der Waals surface area contributed by atoms with Crippen molar-refractivity contribution in [2.24, 2.45) is 5.92 Å². The first-order valence-electron chi connectivity index (χ1n) is 7.41. The third-order valence-electron chi connectivity index (χ3n) is 3.58. The summed E-state index contributed by atoms with van der Waals surface area (Å²) in [6.45, 7) is 7.84. The van der Waals surface area contributed by atoms with Crippen molar-refractivity contribution in [3.63, 3.8) is 0 Å². The van der Waals surface area contributed by atoms with Crippen molar-refractivity contribution >= 4 is 0 Å². The maximum atomic E-state index is 5.41. The summed E-state index contributed by atoms with van der Waals surface area (Å²) in [5, 5.41) is 7.83. The largest absolute Gasteiger partial charge is 0.377 e. The lowest BCUT2D eigenvalue weighted by Crippen LogP contribution is -2.62. The SMILES string of the molecule is CC(C)CCNC1(Cc2cc(CN(C)C)on2)COC1. The van der Waals surface area contributed by atoms with E-state index < -0.39 is 0 Å². The summed E-state index contributed by atoms with van der Waals surface area (Å²) in [6.07, 6.45) is 2.06. The highest BCUT2D eigenvalue weighted by Crippen LogP contribution is 2.23. The molecule has 5 heteroatoms. The predicted molar refractivity (Wildman–Crippen MR) is 78.6 cm³/mol. The first-order valence-corrected chi connectivity index (χ1v) is 7.41. The van der Waals surface area contributed by atoms with Gasteiger partial charge in [0.2, 0.25) is 0 Å². The number of nitrogens with one attached hydrogen (secondary N) is 1. The van der Waals surface area contributed by atoms with Gasteiger partial charge in [0.05, 0.1) is 31.0 Å². The highest BCUT2D eigenvalue weighted by Gasteiger charge is 2.38. The summed E-state index contributed by atoms with van der Waals surface area (Å²) in [5.74, 6) is 1.64. The predicted octanol–water partition coefficient (Wildman–Crippen LogP) is 1.68. The van der Waals surface area contributed by atoms with E-state index in [2.05, 4.69) is 35.3 Å². The summed E-state index contributed by atoms with van der Waals surface area (Å²) >= 11 is 0. The molecule has 2 heterocycles. The van der Waals surface area contributed by atoms with Crippen LogP contribution in [0.5, 0.6) is 0 Å². The third kappa shape index (κ3) is 4.30. The molecule has 0 saturated carbocycles. The minimum atomic E-state index is 0.0567. The zero-order valence-electron chi connectivity index (χ0n) is 13.1. The third-order valence-corrected chi connectivity index (χ3v) is 3.58. The highest BCUT2D eigenvalue weighted by molar-refractivity contribution is 5.12. The van der Waals surface area contributed by atoms with Gasteiger partial charge in [0, 0.05) is 12.5 Å². The van der Waals surface area contributed by atoms with Crippen molar-refractivity contribution in [1.82, 2.24) is 15.4 Å². The molecule has 1 aliphatic rings. The molecule has 0 atom stereocenters. The molecule has 0 spiro atoms. The summed E-state index contributed by atoms with van der Waals surface area (Å²) in [7, 11) is 4.05. The Balaban J connectivity index is 1.87. The molecule has 5 nitrogen and oxygen atoms in total. The average Bonchev–Trinajstić information content (AvgIpc) is 2.71. The van der Waals surface area contributed by atoms with Crippen molar-refractivity contribution in [3.05, 3.63) is 17.5 Å². The topological polar surface area (TPSA) is 50.5 Å². The molecule has 1 N–H and O–H groups in total. The smallest absolute Gasteiger partial charge is 0.150 e. The number of hydrogen-bond acceptors (Lipinski definition) is 5. The Morgan fingerprint density at radius 2 is 2.15 bits per heavy atom. The Kier molecular flexibility index (Phi) is 5.18. The van der Waals surface area contributed by atoms with E-state index in [0.29, 0.717) is 0 Å². The van der Waals surface area contributed by atoms with E-state index in [9.17, 15) is 0 Å². The van der Waals surface area contributed by atoms with Crippen LogP contribution in [-0.4, -0.2) is 49.4 Å². The molecule has 0 aromatic carbocycles. The van der Waals surface area contributed by atoms with Crippen LogP contribution in [0, 0.1) is 5.92 Å². The lowest BCUT2D eigenvalue weighted by molar-refractivity contribution is -0.0747. The van der Waals surface area contributed by atoms with Crippen molar-refractivity contribution in [3.8, 4) is 0 Å². The summed E-state index contributed by atoms with van der Waals surface area (Å²) in [4.78, 5) is 2.08. The second-order valence-corrected chi connectivity index (χ2v) is 6.58. The molecular weight excluding hydrogens is 254 g/mol. The molecule has 0 bridgehead atoms. The maximum Gasteiger partial charge on any atom is 0.150 e. The average molecular weight is 281 g/mol. The molecule has 1 aliphatic heterocycles. The molecule has 2 rings (SSSR count). The fraction of sp³-hybridized carbons (Fsp3) is 0.800. The van der Waals surface area contributed by atoms with Gasteiger partial charge in [-0.1, -0.05) is 19.0 Å².